The quantitative estimate of drug-likeness (QED) is 0.695. The van der Waals surface area contributed by atoms with Crippen molar-refractivity contribution in [2.45, 2.75) is 38.8 Å². The molecule has 27 heavy (non-hydrogen) atoms. The minimum Gasteiger partial charge on any atom is -0.316 e. The molecule has 1 atom stereocenters. The van der Waals surface area contributed by atoms with Gasteiger partial charge in [0.1, 0.15) is 18.2 Å². The third kappa shape index (κ3) is 3.93. The van der Waals surface area contributed by atoms with Gasteiger partial charge >= 0.3 is 0 Å². The molecule has 1 aliphatic rings. The lowest BCUT2D eigenvalue weighted by atomic mass is 9.96. The number of piperidine rings is 1. The van der Waals surface area contributed by atoms with E-state index in [4.69, 9.17) is 0 Å². The Morgan fingerprint density at radius 1 is 1.22 bits per heavy atom. The molecule has 0 spiro atoms. The zero-order valence-corrected chi connectivity index (χ0v) is 15.8. The number of nitrogens with zero attached hydrogens (tertiary/aromatic N) is 6. The minimum absolute atomic E-state index is 0.114. The summed E-state index contributed by atoms with van der Waals surface area (Å²) in [6, 6.07) is 7.39. The fraction of sp³-hybridized carbons (Fsp3) is 0.450. The summed E-state index contributed by atoms with van der Waals surface area (Å²) in [6.45, 7) is 5.03. The number of hydrogen-bond donors (Lipinski definition) is 0. The summed E-state index contributed by atoms with van der Waals surface area (Å²) in [6.07, 6.45) is 5.85. The van der Waals surface area contributed by atoms with Crippen LogP contribution in [0.15, 0.2) is 36.7 Å². The molecule has 0 radical (unpaired) electrons. The number of benzene rings is 1. The topological polar surface area (TPSA) is 51.8 Å². The van der Waals surface area contributed by atoms with Crippen LogP contribution in [0.2, 0.25) is 0 Å². The molecular weight excluding hydrogens is 343 g/mol. The van der Waals surface area contributed by atoms with Crippen molar-refractivity contribution in [1.29, 1.82) is 0 Å². The average molecular weight is 368 g/mol. The van der Waals surface area contributed by atoms with Gasteiger partial charge in [-0.3, -0.25) is 9.58 Å². The van der Waals surface area contributed by atoms with Crippen molar-refractivity contribution >= 4 is 0 Å². The molecular formula is C20H25FN6. The Morgan fingerprint density at radius 3 is 2.89 bits per heavy atom. The van der Waals surface area contributed by atoms with E-state index in [0.29, 0.717) is 19.0 Å². The zero-order valence-electron chi connectivity index (χ0n) is 15.8. The number of hydrogen-bond acceptors (Lipinski definition) is 4. The van der Waals surface area contributed by atoms with E-state index in [9.17, 15) is 4.39 Å². The van der Waals surface area contributed by atoms with Crippen LogP contribution >= 0.6 is 0 Å². The third-order valence-corrected chi connectivity index (χ3v) is 5.33. The molecule has 3 heterocycles. The number of likely N-dealkylation sites (tertiary alicyclic amines) is 1. The molecule has 1 saturated heterocycles. The monoisotopic (exact) mass is 368 g/mol. The average Bonchev–Trinajstić information content (AvgIpc) is 3.29. The predicted molar refractivity (Wildman–Crippen MR) is 101 cm³/mol. The lowest BCUT2D eigenvalue weighted by Gasteiger charge is -2.32. The highest BCUT2D eigenvalue weighted by Gasteiger charge is 2.26. The van der Waals surface area contributed by atoms with Crippen molar-refractivity contribution in [3.63, 3.8) is 0 Å². The van der Waals surface area contributed by atoms with E-state index in [0.717, 1.165) is 48.7 Å². The second kappa shape index (κ2) is 7.60. The SMILES string of the molecule is Cc1ccc(CN2CCCC(c3nnc(Cn4cccn4)n3C)C2)c(F)c1. The van der Waals surface area contributed by atoms with Crippen molar-refractivity contribution in [2.75, 3.05) is 13.1 Å². The van der Waals surface area contributed by atoms with Gasteiger partial charge in [0, 0.05) is 44.0 Å². The van der Waals surface area contributed by atoms with Gasteiger partial charge in [-0.25, -0.2) is 4.39 Å². The fourth-order valence-corrected chi connectivity index (χ4v) is 3.84. The van der Waals surface area contributed by atoms with Gasteiger partial charge < -0.3 is 4.57 Å². The second-order valence-corrected chi connectivity index (χ2v) is 7.41. The van der Waals surface area contributed by atoms with Gasteiger partial charge in [0.2, 0.25) is 0 Å². The van der Waals surface area contributed by atoms with Gasteiger partial charge in [0.05, 0.1) is 0 Å². The molecule has 1 fully saturated rings. The van der Waals surface area contributed by atoms with Crippen LogP contribution in [-0.2, 0) is 20.1 Å². The Labute approximate surface area is 158 Å². The van der Waals surface area contributed by atoms with Crippen molar-refractivity contribution in [2.24, 2.45) is 7.05 Å². The normalized spacial score (nSPS) is 18.1. The first-order valence-electron chi connectivity index (χ1n) is 9.43. The van der Waals surface area contributed by atoms with E-state index >= 15 is 0 Å². The van der Waals surface area contributed by atoms with E-state index in [1.165, 1.54) is 0 Å². The van der Waals surface area contributed by atoms with Crippen LogP contribution in [-0.4, -0.2) is 42.5 Å². The van der Waals surface area contributed by atoms with Crippen LogP contribution in [0.3, 0.4) is 0 Å². The van der Waals surface area contributed by atoms with Gasteiger partial charge in [-0.05, 0) is 44.0 Å². The molecule has 1 unspecified atom stereocenters. The zero-order chi connectivity index (χ0) is 18.8. The molecule has 3 aromatic rings. The molecule has 6 nitrogen and oxygen atoms in total. The van der Waals surface area contributed by atoms with Gasteiger partial charge in [0.15, 0.2) is 5.82 Å². The number of aromatic nitrogens is 5. The molecule has 0 saturated carbocycles. The first-order valence-corrected chi connectivity index (χ1v) is 9.43. The van der Waals surface area contributed by atoms with Gasteiger partial charge in [-0.2, -0.15) is 5.10 Å². The summed E-state index contributed by atoms with van der Waals surface area (Å²) in [5.74, 6) is 2.11. The maximum Gasteiger partial charge on any atom is 0.154 e. The maximum absolute atomic E-state index is 14.2. The third-order valence-electron chi connectivity index (χ3n) is 5.33. The summed E-state index contributed by atoms with van der Waals surface area (Å²) in [7, 11) is 2.02. The first kappa shape index (κ1) is 17.9. The van der Waals surface area contributed by atoms with Crippen LogP contribution in [0, 0.1) is 12.7 Å². The van der Waals surface area contributed by atoms with Gasteiger partial charge in [-0.1, -0.05) is 12.1 Å². The van der Waals surface area contributed by atoms with Crippen molar-refractivity contribution < 1.29 is 4.39 Å². The molecule has 4 rings (SSSR count). The minimum atomic E-state index is -0.114. The fourth-order valence-electron chi connectivity index (χ4n) is 3.84. The summed E-state index contributed by atoms with van der Waals surface area (Å²) in [5, 5.41) is 13.1. The van der Waals surface area contributed by atoms with Crippen LogP contribution in [0.5, 0.6) is 0 Å². The Balaban J connectivity index is 1.46. The first-order chi connectivity index (χ1) is 13.1. The molecule has 0 amide bonds. The smallest absolute Gasteiger partial charge is 0.154 e. The molecule has 1 aliphatic heterocycles. The van der Waals surface area contributed by atoms with Gasteiger partial charge in [0.25, 0.3) is 0 Å². The standard InChI is InChI=1S/C20H25FN6/c1-15-6-7-16(18(21)11-15)12-26-9-3-5-17(13-26)20-24-23-19(25(20)2)14-27-10-4-8-22-27/h4,6-8,10-11,17H,3,5,9,12-14H2,1-2H3. The highest BCUT2D eigenvalue weighted by Crippen LogP contribution is 2.27. The number of halogens is 1. The van der Waals surface area contributed by atoms with Crippen molar-refractivity contribution in [3.05, 3.63) is 65.3 Å². The van der Waals surface area contributed by atoms with Crippen LogP contribution in [0.1, 0.15) is 41.5 Å². The molecule has 2 aromatic heterocycles. The van der Waals surface area contributed by atoms with Gasteiger partial charge in [-0.15, -0.1) is 10.2 Å². The predicted octanol–water partition coefficient (Wildman–Crippen LogP) is 2.89. The van der Waals surface area contributed by atoms with Crippen LogP contribution in [0.4, 0.5) is 4.39 Å². The summed E-state index contributed by atoms with van der Waals surface area (Å²) < 4.78 is 18.1. The molecule has 0 N–H and O–H groups in total. The molecule has 7 heteroatoms. The van der Waals surface area contributed by atoms with E-state index < -0.39 is 0 Å². The molecule has 0 aliphatic carbocycles. The maximum atomic E-state index is 14.2. The van der Waals surface area contributed by atoms with Crippen LogP contribution in [0.25, 0.3) is 0 Å². The molecule has 0 bridgehead atoms. The Bertz CT molecular complexity index is 901. The van der Waals surface area contributed by atoms with E-state index in [-0.39, 0.29) is 5.82 Å². The lowest BCUT2D eigenvalue weighted by Crippen LogP contribution is -2.35. The Morgan fingerprint density at radius 2 is 2.11 bits per heavy atom. The molecule has 1 aromatic carbocycles. The highest BCUT2D eigenvalue weighted by atomic mass is 19.1. The Hall–Kier alpha value is -2.54. The lowest BCUT2D eigenvalue weighted by molar-refractivity contribution is 0.193. The molecule has 142 valence electrons. The van der Waals surface area contributed by atoms with Crippen molar-refractivity contribution in [3.8, 4) is 0 Å². The second-order valence-electron chi connectivity index (χ2n) is 7.41. The number of rotatable bonds is 5. The summed E-state index contributed by atoms with van der Waals surface area (Å²) >= 11 is 0. The Kier molecular flexibility index (Phi) is 5.03. The number of aryl methyl sites for hydroxylation is 1. The summed E-state index contributed by atoms with van der Waals surface area (Å²) in [5.41, 5.74) is 1.72. The summed E-state index contributed by atoms with van der Waals surface area (Å²) in [4.78, 5) is 2.32. The van der Waals surface area contributed by atoms with E-state index in [1.807, 2.05) is 43.0 Å². The van der Waals surface area contributed by atoms with Crippen LogP contribution < -0.4 is 0 Å². The van der Waals surface area contributed by atoms with E-state index in [1.54, 1.807) is 12.3 Å². The van der Waals surface area contributed by atoms with E-state index in [2.05, 4.69) is 24.8 Å². The highest BCUT2D eigenvalue weighted by molar-refractivity contribution is 5.23. The largest absolute Gasteiger partial charge is 0.316 e. The van der Waals surface area contributed by atoms with Crippen molar-refractivity contribution in [1.82, 2.24) is 29.4 Å².